The number of carbonyl (C=O) groups is 1. The molecule has 0 fully saturated rings. The molecule has 0 aliphatic carbocycles. The zero-order valence-electron chi connectivity index (χ0n) is 12.9. The number of hydrogen-bond acceptors (Lipinski definition) is 6. The van der Waals surface area contributed by atoms with Gasteiger partial charge in [-0.15, -0.1) is 10.2 Å². The van der Waals surface area contributed by atoms with Crippen molar-refractivity contribution in [1.82, 2.24) is 25.3 Å². The molecular weight excluding hydrogens is 286 g/mol. The van der Waals surface area contributed by atoms with Crippen LogP contribution in [0.2, 0.25) is 0 Å². The molecule has 0 bridgehead atoms. The third kappa shape index (κ3) is 4.14. The molecule has 0 radical (unpaired) electrons. The molecule has 2 rings (SSSR count). The van der Waals surface area contributed by atoms with E-state index in [2.05, 4.69) is 20.6 Å². The van der Waals surface area contributed by atoms with E-state index in [-0.39, 0.29) is 18.9 Å². The summed E-state index contributed by atoms with van der Waals surface area (Å²) in [5.41, 5.74) is 1.67. The predicted molar refractivity (Wildman–Crippen MR) is 79.0 cm³/mol. The summed E-state index contributed by atoms with van der Waals surface area (Å²) in [5.74, 6) is 0.745. The summed E-state index contributed by atoms with van der Waals surface area (Å²) >= 11 is 0. The third-order valence-electron chi connectivity index (χ3n) is 3.11. The predicted octanol–water partition coefficient (Wildman–Crippen LogP) is 0.693. The Bertz CT molecular complexity index is 620. The molecule has 0 unspecified atom stereocenters. The van der Waals surface area contributed by atoms with Gasteiger partial charge in [0, 0.05) is 32.5 Å². The Balaban J connectivity index is 1.92. The van der Waals surface area contributed by atoms with Crippen LogP contribution in [0.5, 0.6) is 0 Å². The lowest BCUT2D eigenvalue weighted by molar-refractivity contribution is -0.121. The van der Waals surface area contributed by atoms with Gasteiger partial charge in [0.2, 0.25) is 11.8 Å². The molecule has 2 N–H and O–H groups in total. The van der Waals surface area contributed by atoms with Crippen LogP contribution in [0.1, 0.15) is 31.4 Å². The average Bonchev–Trinajstić information content (AvgIpc) is 3.11. The Morgan fingerprint density at radius 2 is 2.27 bits per heavy atom. The van der Waals surface area contributed by atoms with E-state index in [0.29, 0.717) is 37.7 Å². The lowest BCUT2D eigenvalue weighted by Gasteiger charge is -2.02. The Hall–Kier alpha value is -2.22. The molecular formula is C14H21N5O3. The molecule has 0 aromatic carbocycles. The number of aliphatic hydroxyl groups excluding tert-OH is 1. The van der Waals surface area contributed by atoms with Crippen LogP contribution in [0.15, 0.2) is 10.5 Å². The Labute approximate surface area is 128 Å². The number of aliphatic hydroxyl groups is 1. The van der Waals surface area contributed by atoms with Gasteiger partial charge in [0.05, 0.1) is 5.69 Å². The van der Waals surface area contributed by atoms with Crippen LogP contribution in [-0.2, 0) is 17.8 Å². The van der Waals surface area contributed by atoms with Crippen LogP contribution in [0.3, 0.4) is 0 Å². The Morgan fingerprint density at radius 1 is 1.45 bits per heavy atom. The maximum absolute atomic E-state index is 11.6. The molecule has 0 saturated carbocycles. The molecule has 0 spiro atoms. The van der Waals surface area contributed by atoms with Gasteiger partial charge in [0.25, 0.3) is 5.89 Å². The van der Waals surface area contributed by atoms with Crippen molar-refractivity contribution >= 4 is 5.91 Å². The fraction of sp³-hybridized carbons (Fsp3) is 0.571. The third-order valence-corrected chi connectivity index (χ3v) is 3.11. The highest BCUT2D eigenvalue weighted by atomic mass is 16.4. The van der Waals surface area contributed by atoms with Gasteiger partial charge in [-0.1, -0.05) is 0 Å². The summed E-state index contributed by atoms with van der Waals surface area (Å²) in [5, 5.41) is 23.7. The second-order valence-corrected chi connectivity index (χ2v) is 4.91. The van der Waals surface area contributed by atoms with Crippen LogP contribution in [0.25, 0.3) is 11.6 Å². The minimum Gasteiger partial charge on any atom is -0.419 e. The first kappa shape index (κ1) is 16.2. The molecule has 120 valence electrons. The van der Waals surface area contributed by atoms with Crippen molar-refractivity contribution in [3.05, 3.63) is 17.7 Å². The summed E-state index contributed by atoms with van der Waals surface area (Å²) in [7, 11) is 0. The number of aryl methyl sites for hydroxylation is 3. The fourth-order valence-electron chi connectivity index (χ4n) is 2.03. The number of aromatic nitrogens is 4. The number of nitrogens with zero attached hydrogens (tertiary/aromatic N) is 4. The molecule has 8 nitrogen and oxygen atoms in total. The highest BCUT2D eigenvalue weighted by Crippen LogP contribution is 2.19. The van der Waals surface area contributed by atoms with E-state index in [0.717, 1.165) is 11.4 Å². The fourth-order valence-corrected chi connectivity index (χ4v) is 2.03. The molecule has 0 aliphatic heterocycles. The summed E-state index contributed by atoms with van der Waals surface area (Å²) in [6.07, 6.45) is 1.22. The van der Waals surface area contributed by atoms with Gasteiger partial charge >= 0.3 is 0 Å². The maximum Gasteiger partial charge on any atom is 0.265 e. The monoisotopic (exact) mass is 307 g/mol. The maximum atomic E-state index is 11.6. The van der Waals surface area contributed by atoms with Crippen LogP contribution in [0, 0.1) is 6.92 Å². The summed E-state index contributed by atoms with van der Waals surface area (Å²) < 4.78 is 7.40. The highest BCUT2D eigenvalue weighted by Gasteiger charge is 2.15. The largest absolute Gasteiger partial charge is 0.419 e. The van der Waals surface area contributed by atoms with Crippen LogP contribution in [-0.4, -0.2) is 44.1 Å². The average molecular weight is 307 g/mol. The van der Waals surface area contributed by atoms with Gasteiger partial charge < -0.3 is 14.8 Å². The van der Waals surface area contributed by atoms with Crippen molar-refractivity contribution in [2.75, 3.05) is 13.2 Å². The quantitative estimate of drug-likeness (QED) is 0.695. The first-order valence-electron chi connectivity index (χ1n) is 7.38. The van der Waals surface area contributed by atoms with Crippen LogP contribution in [0.4, 0.5) is 0 Å². The number of rotatable bonds is 8. The minimum absolute atomic E-state index is 0.0673. The van der Waals surface area contributed by atoms with Gasteiger partial charge in [-0.2, -0.15) is 5.10 Å². The normalized spacial score (nSPS) is 10.9. The lowest BCUT2D eigenvalue weighted by atomic mass is 10.3. The molecule has 8 heteroatoms. The second-order valence-electron chi connectivity index (χ2n) is 4.91. The van der Waals surface area contributed by atoms with E-state index in [1.807, 2.05) is 19.9 Å². The van der Waals surface area contributed by atoms with Crippen molar-refractivity contribution in [3.8, 4) is 11.6 Å². The summed E-state index contributed by atoms with van der Waals surface area (Å²) in [6.45, 7) is 5.15. The molecule has 1 amide bonds. The minimum atomic E-state index is -0.0948. The van der Waals surface area contributed by atoms with Crippen molar-refractivity contribution in [2.45, 2.75) is 39.7 Å². The van der Waals surface area contributed by atoms with E-state index in [1.54, 1.807) is 4.68 Å². The van der Waals surface area contributed by atoms with Crippen molar-refractivity contribution in [2.24, 2.45) is 0 Å². The Kier molecular flexibility index (Phi) is 5.65. The second kappa shape index (κ2) is 7.69. The van der Waals surface area contributed by atoms with Crippen molar-refractivity contribution in [1.29, 1.82) is 0 Å². The topological polar surface area (TPSA) is 106 Å². The van der Waals surface area contributed by atoms with Gasteiger partial charge in [0.15, 0.2) is 0 Å². The standard InChI is InChI=1S/C14H21N5O3/c1-3-19-11(9-10(2)18-19)14-17-16-13(22-14)6-5-12(21)15-7-4-8-20/h9,20H,3-8H2,1-2H3,(H,15,21). The van der Waals surface area contributed by atoms with Gasteiger partial charge in [0.1, 0.15) is 5.69 Å². The van der Waals surface area contributed by atoms with E-state index < -0.39 is 0 Å². The SMILES string of the molecule is CCn1nc(C)cc1-c1nnc(CCC(=O)NCCCO)o1. The van der Waals surface area contributed by atoms with Crippen molar-refractivity contribution in [3.63, 3.8) is 0 Å². The zero-order valence-corrected chi connectivity index (χ0v) is 12.9. The number of amides is 1. The van der Waals surface area contributed by atoms with Gasteiger partial charge in [-0.25, -0.2) is 0 Å². The smallest absolute Gasteiger partial charge is 0.265 e. The van der Waals surface area contributed by atoms with E-state index >= 15 is 0 Å². The molecule has 0 aliphatic rings. The lowest BCUT2D eigenvalue weighted by Crippen LogP contribution is -2.25. The number of nitrogens with one attached hydrogen (secondary N) is 1. The molecule has 2 aromatic rings. The van der Waals surface area contributed by atoms with Gasteiger partial charge in [-0.3, -0.25) is 9.48 Å². The van der Waals surface area contributed by atoms with E-state index in [1.165, 1.54) is 0 Å². The summed E-state index contributed by atoms with van der Waals surface area (Å²) in [6, 6.07) is 1.89. The van der Waals surface area contributed by atoms with Crippen LogP contribution < -0.4 is 5.32 Å². The number of carbonyl (C=O) groups excluding carboxylic acids is 1. The first-order chi connectivity index (χ1) is 10.6. The summed E-state index contributed by atoms with van der Waals surface area (Å²) in [4.78, 5) is 11.6. The van der Waals surface area contributed by atoms with E-state index in [9.17, 15) is 4.79 Å². The Morgan fingerprint density at radius 3 is 3.00 bits per heavy atom. The molecule has 0 saturated heterocycles. The molecule has 2 aromatic heterocycles. The van der Waals surface area contributed by atoms with E-state index in [4.69, 9.17) is 9.52 Å². The molecule has 2 heterocycles. The zero-order chi connectivity index (χ0) is 15.9. The van der Waals surface area contributed by atoms with Crippen molar-refractivity contribution < 1.29 is 14.3 Å². The molecule has 22 heavy (non-hydrogen) atoms. The highest BCUT2D eigenvalue weighted by molar-refractivity contribution is 5.75. The van der Waals surface area contributed by atoms with Crippen LogP contribution >= 0.6 is 0 Å². The van der Waals surface area contributed by atoms with Gasteiger partial charge in [-0.05, 0) is 26.3 Å². The first-order valence-corrected chi connectivity index (χ1v) is 7.38. The number of hydrogen-bond donors (Lipinski definition) is 2. The molecule has 0 atom stereocenters.